The highest BCUT2D eigenvalue weighted by Gasteiger charge is 2.08. The molecule has 1 aliphatic rings. The fraction of sp³-hybridized carbons (Fsp3) is 0.455. The lowest BCUT2D eigenvalue weighted by Gasteiger charge is -2.18. The van der Waals surface area contributed by atoms with E-state index in [1.807, 2.05) is 13.0 Å². The van der Waals surface area contributed by atoms with Crippen LogP contribution in [0.25, 0.3) is 0 Å². The summed E-state index contributed by atoms with van der Waals surface area (Å²) in [4.78, 5) is 0. The highest BCUT2D eigenvalue weighted by atomic mass is 35.5. The highest BCUT2D eigenvalue weighted by Crippen LogP contribution is 2.26. The molecule has 2 rings (SSSR count). The normalized spacial score (nSPS) is 13.5. The summed E-state index contributed by atoms with van der Waals surface area (Å²) in [7, 11) is 0. The lowest BCUT2D eigenvalue weighted by molar-refractivity contribution is 0.340. The fourth-order valence-electron chi connectivity index (χ4n) is 1.71. The lowest BCUT2D eigenvalue weighted by atomic mass is 10.0. The van der Waals surface area contributed by atoms with Gasteiger partial charge in [0.15, 0.2) is 0 Å². The zero-order valence-electron chi connectivity index (χ0n) is 8.38. The molecule has 14 heavy (non-hydrogen) atoms. The topological polar surface area (TPSA) is 21.3 Å². The zero-order valence-corrected chi connectivity index (χ0v) is 9.19. The van der Waals surface area contributed by atoms with Gasteiger partial charge < -0.3 is 10.1 Å². The van der Waals surface area contributed by atoms with Crippen LogP contribution in [0.3, 0.4) is 0 Å². The minimum absolute atomic E-state index is 0. The summed E-state index contributed by atoms with van der Waals surface area (Å²) in [5.74, 6) is 0.991. The predicted molar refractivity (Wildman–Crippen MR) is 61.7 cm³/mol. The first-order chi connectivity index (χ1) is 6.40. The minimum atomic E-state index is 0. The SMILES string of the molecule is CCOc1ccc2c(c1)CCCN2.Cl. The maximum Gasteiger partial charge on any atom is 0.119 e. The largest absolute Gasteiger partial charge is 0.494 e. The molecule has 1 N–H and O–H groups in total. The van der Waals surface area contributed by atoms with Crippen molar-refractivity contribution in [1.82, 2.24) is 0 Å². The Bertz CT molecular complexity index is 301. The molecule has 1 heterocycles. The number of fused-ring (bicyclic) bond motifs is 1. The van der Waals surface area contributed by atoms with Gasteiger partial charge in [-0.2, -0.15) is 0 Å². The number of benzene rings is 1. The molecule has 0 unspecified atom stereocenters. The van der Waals surface area contributed by atoms with Gasteiger partial charge in [0, 0.05) is 12.2 Å². The Morgan fingerprint density at radius 1 is 1.43 bits per heavy atom. The van der Waals surface area contributed by atoms with Crippen molar-refractivity contribution in [3.63, 3.8) is 0 Å². The molecule has 3 heteroatoms. The van der Waals surface area contributed by atoms with Gasteiger partial charge in [-0.25, -0.2) is 0 Å². The average molecular weight is 214 g/mol. The van der Waals surface area contributed by atoms with Crippen molar-refractivity contribution in [2.45, 2.75) is 19.8 Å². The predicted octanol–water partition coefficient (Wildman–Crippen LogP) is 2.87. The number of halogens is 1. The van der Waals surface area contributed by atoms with E-state index in [4.69, 9.17) is 4.74 Å². The van der Waals surface area contributed by atoms with Crippen molar-refractivity contribution < 1.29 is 4.74 Å². The van der Waals surface area contributed by atoms with Gasteiger partial charge in [-0.3, -0.25) is 0 Å². The first kappa shape index (κ1) is 11.2. The van der Waals surface area contributed by atoms with E-state index in [-0.39, 0.29) is 12.4 Å². The van der Waals surface area contributed by atoms with Crippen LogP contribution in [0.2, 0.25) is 0 Å². The zero-order chi connectivity index (χ0) is 9.10. The molecule has 0 aromatic heterocycles. The molecular weight excluding hydrogens is 198 g/mol. The van der Waals surface area contributed by atoms with Crippen LogP contribution < -0.4 is 10.1 Å². The molecule has 0 spiro atoms. The van der Waals surface area contributed by atoms with Crippen molar-refractivity contribution in [3.05, 3.63) is 23.8 Å². The number of ether oxygens (including phenoxy) is 1. The van der Waals surface area contributed by atoms with E-state index in [0.29, 0.717) is 0 Å². The molecule has 0 amide bonds. The molecule has 2 nitrogen and oxygen atoms in total. The van der Waals surface area contributed by atoms with Crippen molar-refractivity contribution in [1.29, 1.82) is 0 Å². The second-order valence-electron chi connectivity index (χ2n) is 3.28. The van der Waals surface area contributed by atoms with Crippen LogP contribution in [0.4, 0.5) is 5.69 Å². The summed E-state index contributed by atoms with van der Waals surface area (Å²) >= 11 is 0. The van der Waals surface area contributed by atoms with Crippen LogP contribution in [0.15, 0.2) is 18.2 Å². The second kappa shape index (κ2) is 5.11. The third-order valence-corrected chi connectivity index (χ3v) is 2.33. The maximum atomic E-state index is 5.44. The molecule has 0 saturated heterocycles. The molecule has 0 saturated carbocycles. The first-order valence-electron chi connectivity index (χ1n) is 4.90. The van der Waals surface area contributed by atoms with Gasteiger partial charge >= 0.3 is 0 Å². The summed E-state index contributed by atoms with van der Waals surface area (Å²) in [5, 5.41) is 3.38. The van der Waals surface area contributed by atoms with Gasteiger partial charge in [0.2, 0.25) is 0 Å². The molecule has 0 fully saturated rings. The van der Waals surface area contributed by atoms with Gasteiger partial charge in [-0.1, -0.05) is 0 Å². The number of nitrogens with one attached hydrogen (secondary N) is 1. The van der Waals surface area contributed by atoms with Gasteiger partial charge in [-0.15, -0.1) is 12.4 Å². The van der Waals surface area contributed by atoms with E-state index in [2.05, 4.69) is 17.4 Å². The Morgan fingerprint density at radius 2 is 2.29 bits per heavy atom. The minimum Gasteiger partial charge on any atom is -0.494 e. The fourth-order valence-corrected chi connectivity index (χ4v) is 1.71. The third-order valence-electron chi connectivity index (χ3n) is 2.33. The first-order valence-corrected chi connectivity index (χ1v) is 4.90. The van der Waals surface area contributed by atoms with E-state index < -0.39 is 0 Å². The Balaban J connectivity index is 0.000000980. The highest BCUT2D eigenvalue weighted by molar-refractivity contribution is 5.85. The van der Waals surface area contributed by atoms with Crippen LogP contribution in [0.5, 0.6) is 5.75 Å². The molecule has 0 radical (unpaired) electrons. The van der Waals surface area contributed by atoms with Crippen LogP contribution in [-0.2, 0) is 6.42 Å². The smallest absolute Gasteiger partial charge is 0.119 e. The summed E-state index contributed by atoms with van der Waals surface area (Å²) < 4.78 is 5.44. The number of hydrogen-bond acceptors (Lipinski definition) is 2. The molecule has 1 aromatic carbocycles. The van der Waals surface area contributed by atoms with Gasteiger partial charge in [-0.05, 0) is 43.5 Å². The van der Waals surface area contributed by atoms with Gasteiger partial charge in [0.1, 0.15) is 5.75 Å². The average Bonchev–Trinajstić information content (AvgIpc) is 2.18. The molecule has 1 aromatic rings. The molecule has 1 aliphatic heterocycles. The second-order valence-corrected chi connectivity index (χ2v) is 3.28. The quantitative estimate of drug-likeness (QED) is 0.816. The summed E-state index contributed by atoms with van der Waals surface area (Å²) in [6.45, 7) is 3.85. The van der Waals surface area contributed by atoms with Gasteiger partial charge in [0.05, 0.1) is 6.61 Å². The molecular formula is C11H16ClNO. The van der Waals surface area contributed by atoms with Crippen molar-refractivity contribution in [2.24, 2.45) is 0 Å². The lowest BCUT2D eigenvalue weighted by Crippen LogP contribution is -2.11. The summed E-state index contributed by atoms with van der Waals surface area (Å²) in [6, 6.07) is 6.28. The van der Waals surface area contributed by atoms with Crippen LogP contribution in [0.1, 0.15) is 18.9 Å². The molecule has 0 atom stereocenters. The Morgan fingerprint density at radius 3 is 3.07 bits per heavy atom. The number of rotatable bonds is 2. The van der Waals surface area contributed by atoms with Crippen molar-refractivity contribution in [2.75, 3.05) is 18.5 Å². The van der Waals surface area contributed by atoms with E-state index in [9.17, 15) is 0 Å². The number of aryl methyl sites for hydroxylation is 1. The van der Waals surface area contributed by atoms with Crippen LogP contribution in [0, 0.1) is 0 Å². The Hall–Kier alpha value is -0.890. The standard InChI is InChI=1S/C11H15NO.ClH/c1-2-13-10-5-6-11-9(8-10)4-3-7-12-11;/h5-6,8,12H,2-4,7H2,1H3;1H. The van der Waals surface area contributed by atoms with Gasteiger partial charge in [0.25, 0.3) is 0 Å². The van der Waals surface area contributed by atoms with Crippen LogP contribution in [-0.4, -0.2) is 13.2 Å². The van der Waals surface area contributed by atoms with E-state index in [0.717, 1.165) is 18.9 Å². The van der Waals surface area contributed by atoms with E-state index in [1.165, 1.54) is 24.1 Å². The summed E-state index contributed by atoms with van der Waals surface area (Å²) in [6.07, 6.45) is 2.39. The molecule has 0 aliphatic carbocycles. The van der Waals surface area contributed by atoms with E-state index in [1.54, 1.807) is 0 Å². The monoisotopic (exact) mass is 213 g/mol. The van der Waals surface area contributed by atoms with Crippen LogP contribution >= 0.6 is 12.4 Å². The number of anilines is 1. The third kappa shape index (κ3) is 2.32. The Kier molecular flexibility index (Phi) is 4.08. The molecule has 78 valence electrons. The maximum absolute atomic E-state index is 5.44. The van der Waals surface area contributed by atoms with E-state index >= 15 is 0 Å². The Labute approximate surface area is 91.1 Å². The number of hydrogen-bond donors (Lipinski definition) is 1. The van der Waals surface area contributed by atoms with Crippen molar-refractivity contribution in [3.8, 4) is 5.75 Å². The summed E-state index contributed by atoms with van der Waals surface area (Å²) in [5.41, 5.74) is 2.66. The molecule has 0 bridgehead atoms. The van der Waals surface area contributed by atoms with Crippen molar-refractivity contribution >= 4 is 18.1 Å².